The van der Waals surface area contributed by atoms with Crippen molar-refractivity contribution < 1.29 is 38.1 Å². The zero-order valence-corrected chi connectivity index (χ0v) is 38.3. The van der Waals surface area contributed by atoms with Crippen molar-refractivity contribution in [3.05, 3.63) is 62.9 Å². The van der Waals surface area contributed by atoms with Crippen LogP contribution < -0.4 is 32.4 Å². The van der Waals surface area contributed by atoms with Crippen molar-refractivity contribution in [2.45, 2.75) is 154 Å². The molecule has 2 heterocycles. The van der Waals surface area contributed by atoms with E-state index < -0.39 is 76.6 Å². The zero-order chi connectivity index (χ0) is 43.3. The summed E-state index contributed by atoms with van der Waals surface area (Å²) < 4.78 is 28.4. The number of carbonyl (C=O) groups excluding carboxylic acids is 1. The Hall–Kier alpha value is -3.17. The van der Waals surface area contributed by atoms with E-state index in [1.807, 2.05) is 26.9 Å². The van der Waals surface area contributed by atoms with Gasteiger partial charge in [0.05, 0.1) is 19.7 Å². The maximum atomic E-state index is 14.4. The molecule has 57 heavy (non-hydrogen) atoms. The molecular formula is C40H69N5O10Si2. The monoisotopic (exact) mass is 835 g/mol. The summed E-state index contributed by atoms with van der Waals surface area (Å²) in [5.74, 6) is -0.728. The highest BCUT2D eigenvalue weighted by Crippen LogP contribution is 2.46. The van der Waals surface area contributed by atoms with Gasteiger partial charge < -0.3 is 44.9 Å². The van der Waals surface area contributed by atoms with Crippen molar-refractivity contribution >= 4 is 28.5 Å². The van der Waals surface area contributed by atoms with Gasteiger partial charge in [0.15, 0.2) is 22.9 Å². The molecule has 2 aromatic rings. The average Bonchev–Trinajstić information content (AvgIpc) is 3.42. The van der Waals surface area contributed by atoms with Crippen LogP contribution in [0.3, 0.4) is 0 Å². The summed E-state index contributed by atoms with van der Waals surface area (Å²) in [5, 5.41) is 27.7. The van der Waals surface area contributed by atoms with E-state index in [0.717, 1.165) is 4.57 Å². The molecule has 15 nitrogen and oxygen atoms in total. The second kappa shape index (κ2) is 19.3. The normalized spacial score (nSPS) is 21.0. The molecular weight excluding hydrogens is 767 g/mol. The topological polar surface area (TPSA) is 206 Å². The molecule has 0 radical (unpaired) electrons. The number of hydrogen-bond donors (Lipinski definition) is 5. The Morgan fingerprint density at radius 1 is 0.930 bits per heavy atom. The van der Waals surface area contributed by atoms with Crippen LogP contribution in [-0.2, 0) is 29.7 Å². The van der Waals surface area contributed by atoms with Crippen molar-refractivity contribution in [3.8, 4) is 5.75 Å². The standard InChI is InChI=1S/C40H69N5O10Si2/c1-25(2)23-28(41)35(48)43-21-14-20-42-30(37(49)50)31(47)32-33(54-56(10,11)39(3,4)5)34(55-57(12,13)40(6,7)8)36(53-32)44-22-19-29(46)45(38(44)51)24-26-15-17-27(52-9)18-16-26/h15-19,22,25,28,30-34,36,42,47H,14,20-21,23-24,41H2,1-13H3,(H,43,48)(H,49,50)/t28-,30-,31+,32?,33+,34+,36+/m0/s1. The van der Waals surface area contributed by atoms with Crippen LogP contribution in [-0.4, -0.2) is 105 Å². The molecule has 17 heteroatoms. The number of aliphatic hydroxyl groups excluding tert-OH is 1. The number of carboxylic acid groups (broad SMARTS) is 1. The largest absolute Gasteiger partial charge is 0.497 e. The molecule has 0 aliphatic carbocycles. The molecule has 1 saturated heterocycles. The van der Waals surface area contributed by atoms with Gasteiger partial charge in [0.1, 0.15) is 36.2 Å². The van der Waals surface area contributed by atoms with E-state index in [9.17, 15) is 29.4 Å². The number of carboxylic acids is 1. The second-order valence-corrected chi connectivity index (χ2v) is 28.1. The van der Waals surface area contributed by atoms with Gasteiger partial charge in [0, 0.05) is 18.8 Å². The van der Waals surface area contributed by atoms with E-state index in [1.165, 1.54) is 16.8 Å². The lowest BCUT2D eigenvalue weighted by Gasteiger charge is -2.44. The zero-order valence-electron chi connectivity index (χ0n) is 36.3. The number of aromatic nitrogens is 2. The third-order valence-electron chi connectivity index (χ3n) is 11.6. The number of hydrogen-bond acceptors (Lipinski definition) is 11. The van der Waals surface area contributed by atoms with Crippen molar-refractivity contribution in [3.63, 3.8) is 0 Å². The van der Waals surface area contributed by atoms with Gasteiger partial charge in [0.25, 0.3) is 5.56 Å². The lowest BCUT2D eigenvalue weighted by atomic mass is 9.99. The fourth-order valence-electron chi connectivity index (χ4n) is 6.09. The highest BCUT2D eigenvalue weighted by atomic mass is 28.4. The fraction of sp³-hybridized carbons (Fsp3) is 0.700. The van der Waals surface area contributed by atoms with E-state index in [1.54, 1.807) is 31.4 Å². The predicted molar refractivity (Wildman–Crippen MR) is 226 cm³/mol. The van der Waals surface area contributed by atoms with Crippen LogP contribution in [0.25, 0.3) is 0 Å². The molecule has 0 spiro atoms. The average molecular weight is 836 g/mol. The number of methoxy groups -OCH3 is 1. The Morgan fingerprint density at radius 2 is 1.49 bits per heavy atom. The first-order valence-corrected chi connectivity index (χ1v) is 25.7. The second-order valence-electron chi connectivity index (χ2n) is 18.6. The maximum absolute atomic E-state index is 14.4. The van der Waals surface area contributed by atoms with E-state index in [-0.39, 0.29) is 41.5 Å². The summed E-state index contributed by atoms with van der Waals surface area (Å²) in [5.41, 5.74) is 5.50. The smallest absolute Gasteiger partial charge is 0.333 e. The number of nitrogens with zero attached hydrogens (tertiary/aromatic N) is 2. The molecule has 1 amide bonds. The first kappa shape index (κ1) is 48.2. The molecule has 7 atom stereocenters. The quantitative estimate of drug-likeness (QED) is 0.101. The van der Waals surface area contributed by atoms with Gasteiger partial charge in [-0.15, -0.1) is 0 Å². The third-order valence-corrected chi connectivity index (χ3v) is 20.5. The van der Waals surface area contributed by atoms with Crippen LogP contribution in [0, 0.1) is 5.92 Å². The molecule has 1 aliphatic rings. The summed E-state index contributed by atoms with van der Waals surface area (Å²) in [6.07, 6.45) is -3.91. The Morgan fingerprint density at radius 3 is 2.00 bits per heavy atom. The van der Waals surface area contributed by atoms with Crippen LogP contribution in [0.2, 0.25) is 36.3 Å². The lowest BCUT2D eigenvalue weighted by molar-refractivity contribution is -0.149. The number of amides is 1. The first-order chi connectivity index (χ1) is 26.2. The number of nitrogens with one attached hydrogen (secondary N) is 2. The number of aliphatic carboxylic acids is 1. The number of rotatable bonds is 19. The molecule has 3 rings (SSSR count). The van der Waals surface area contributed by atoms with Gasteiger partial charge >= 0.3 is 11.7 Å². The molecule has 0 saturated carbocycles. The van der Waals surface area contributed by atoms with Crippen molar-refractivity contribution in [2.75, 3.05) is 20.2 Å². The van der Waals surface area contributed by atoms with Gasteiger partial charge in [0.2, 0.25) is 5.91 Å². The van der Waals surface area contributed by atoms with Gasteiger partial charge in [-0.25, -0.2) is 4.79 Å². The van der Waals surface area contributed by atoms with Crippen LogP contribution in [0.15, 0.2) is 46.1 Å². The Bertz CT molecular complexity index is 1770. The minimum absolute atomic E-state index is 0.0337. The number of aliphatic hydroxyl groups is 1. The Kier molecular flexibility index (Phi) is 16.3. The Balaban J connectivity index is 2.09. The third kappa shape index (κ3) is 12.2. The van der Waals surface area contributed by atoms with Gasteiger partial charge in [-0.05, 0) is 79.3 Å². The predicted octanol–water partition coefficient (Wildman–Crippen LogP) is 4.03. The highest BCUT2D eigenvalue weighted by Gasteiger charge is 2.57. The van der Waals surface area contributed by atoms with Crippen molar-refractivity contribution in [1.29, 1.82) is 0 Å². The Labute approximate surface area is 339 Å². The fourth-order valence-corrected chi connectivity index (χ4v) is 8.68. The molecule has 1 aromatic heterocycles. The minimum atomic E-state index is -2.70. The molecule has 1 fully saturated rings. The first-order valence-electron chi connectivity index (χ1n) is 19.9. The van der Waals surface area contributed by atoms with Crippen LogP contribution >= 0.6 is 0 Å². The van der Waals surface area contributed by atoms with Crippen LogP contribution in [0.1, 0.15) is 80.0 Å². The molecule has 1 aromatic carbocycles. The van der Waals surface area contributed by atoms with Crippen molar-refractivity contribution in [2.24, 2.45) is 11.7 Å². The van der Waals surface area contributed by atoms with E-state index in [4.69, 9.17) is 24.1 Å². The number of ether oxygens (including phenoxy) is 2. The number of carbonyl (C=O) groups is 2. The summed E-state index contributed by atoms with van der Waals surface area (Å²) in [4.78, 5) is 52.9. The molecule has 1 unspecified atom stereocenters. The van der Waals surface area contributed by atoms with Crippen LogP contribution in [0.4, 0.5) is 0 Å². The number of benzene rings is 1. The summed E-state index contributed by atoms with van der Waals surface area (Å²) in [7, 11) is -3.84. The van der Waals surface area contributed by atoms with E-state index >= 15 is 0 Å². The molecule has 6 N–H and O–H groups in total. The summed E-state index contributed by atoms with van der Waals surface area (Å²) >= 11 is 0. The molecule has 322 valence electrons. The SMILES string of the molecule is COc1ccc(Cn2c(=O)ccn([C@@H]3OC([C@H](O)[C@H](NCCCNC(=O)[C@@H](N)CC(C)C)C(=O)O)[C@@H](O[Si](C)(C)C(C)(C)C)[C@H]3O[Si](C)(C)C(C)(C)C)c2=O)cc1. The van der Waals surface area contributed by atoms with Gasteiger partial charge in [-0.2, -0.15) is 0 Å². The van der Waals surface area contributed by atoms with Gasteiger partial charge in [-0.1, -0.05) is 67.5 Å². The molecule has 1 aliphatic heterocycles. The minimum Gasteiger partial charge on any atom is -0.497 e. The maximum Gasteiger partial charge on any atom is 0.333 e. The highest BCUT2D eigenvalue weighted by molar-refractivity contribution is 6.74. The van der Waals surface area contributed by atoms with Gasteiger partial charge in [-0.3, -0.25) is 23.5 Å². The summed E-state index contributed by atoms with van der Waals surface area (Å²) in [6, 6.07) is 6.13. The van der Waals surface area contributed by atoms with E-state index in [2.05, 4.69) is 65.3 Å². The summed E-state index contributed by atoms with van der Waals surface area (Å²) in [6.45, 7) is 24.9. The van der Waals surface area contributed by atoms with E-state index in [0.29, 0.717) is 24.2 Å². The van der Waals surface area contributed by atoms with Crippen molar-refractivity contribution in [1.82, 2.24) is 19.8 Å². The molecule has 0 bridgehead atoms. The van der Waals surface area contributed by atoms with Crippen LogP contribution in [0.5, 0.6) is 5.75 Å². The number of nitrogens with two attached hydrogens (primary N) is 1. The lowest BCUT2D eigenvalue weighted by Crippen LogP contribution is -2.59.